The number of aryl methyl sites for hydroxylation is 1. The van der Waals surface area contributed by atoms with Gasteiger partial charge in [0.1, 0.15) is 5.76 Å². The molecule has 1 unspecified atom stereocenters. The normalized spacial score (nSPS) is 23.3. The van der Waals surface area contributed by atoms with Gasteiger partial charge in [-0.25, -0.2) is 4.98 Å². The molecule has 1 amide bonds. The topological polar surface area (TPSA) is 67.2 Å². The Morgan fingerprint density at radius 3 is 3.00 bits per heavy atom. The van der Waals surface area contributed by atoms with E-state index in [2.05, 4.69) is 22.5 Å². The predicted octanol–water partition coefficient (Wildman–Crippen LogP) is 1.63. The van der Waals surface area contributed by atoms with Gasteiger partial charge in [0, 0.05) is 13.0 Å². The zero-order chi connectivity index (χ0) is 13.7. The van der Waals surface area contributed by atoms with Gasteiger partial charge in [0.15, 0.2) is 0 Å². The van der Waals surface area contributed by atoms with E-state index in [9.17, 15) is 4.79 Å². The van der Waals surface area contributed by atoms with Crippen LogP contribution in [0.5, 0.6) is 0 Å². The zero-order valence-corrected chi connectivity index (χ0v) is 11.8. The van der Waals surface area contributed by atoms with Gasteiger partial charge in [-0.05, 0) is 25.8 Å². The number of hydrogen-bond acceptors (Lipinski definition) is 4. The molecule has 1 aromatic rings. The number of hydrogen-bond donors (Lipinski definition) is 2. The van der Waals surface area contributed by atoms with Crippen LogP contribution in [0.15, 0.2) is 10.6 Å². The van der Waals surface area contributed by atoms with Gasteiger partial charge in [-0.15, -0.1) is 0 Å². The fourth-order valence-corrected chi connectivity index (χ4v) is 2.56. The van der Waals surface area contributed by atoms with Gasteiger partial charge in [0.2, 0.25) is 11.8 Å². The minimum Gasteiger partial charge on any atom is -0.444 e. The van der Waals surface area contributed by atoms with Crippen LogP contribution in [0.1, 0.15) is 44.8 Å². The molecule has 1 aliphatic rings. The van der Waals surface area contributed by atoms with E-state index < -0.39 is 0 Å². The van der Waals surface area contributed by atoms with Gasteiger partial charge in [-0.1, -0.05) is 13.8 Å². The Morgan fingerprint density at radius 1 is 1.58 bits per heavy atom. The van der Waals surface area contributed by atoms with Crippen LogP contribution in [-0.4, -0.2) is 24.0 Å². The van der Waals surface area contributed by atoms with Crippen LogP contribution in [0, 0.1) is 5.41 Å². The maximum Gasteiger partial charge on any atom is 0.227 e. The van der Waals surface area contributed by atoms with E-state index in [-0.39, 0.29) is 11.3 Å². The highest BCUT2D eigenvalue weighted by Crippen LogP contribution is 2.30. The molecule has 0 saturated carbocycles. The van der Waals surface area contributed by atoms with Crippen molar-refractivity contribution >= 4 is 5.91 Å². The number of oxazole rings is 1. The van der Waals surface area contributed by atoms with Gasteiger partial charge >= 0.3 is 0 Å². The summed E-state index contributed by atoms with van der Waals surface area (Å²) in [5.74, 6) is 1.55. The van der Waals surface area contributed by atoms with Crippen LogP contribution in [0.2, 0.25) is 0 Å². The first-order valence-corrected chi connectivity index (χ1v) is 7.13. The Labute approximate surface area is 114 Å². The Balaban J connectivity index is 1.92. The van der Waals surface area contributed by atoms with Crippen molar-refractivity contribution in [2.24, 2.45) is 5.41 Å². The largest absolute Gasteiger partial charge is 0.444 e. The van der Waals surface area contributed by atoms with Crippen molar-refractivity contribution in [1.82, 2.24) is 15.6 Å². The first-order valence-electron chi connectivity index (χ1n) is 7.13. The smallest absolute Gasteiger partial charge is 0.227 e. The fourth-order valence-electron chi connectivity index (χ4n) is 2.56. The summed E-state index contributed by atoms with van der Waals surface area (Å²) >= 11 is 0. The molecule has 0 radical (unpaired) electrons. The maximum atomic E-state index is 12.4. The third kappa shape index (κ3) is 3.15. The number of amides is 1. The predicted molar refractivity (Wildman–Crippen MR) is 72.6 cm³/mol. The summed E-state index contributed by atoms with van der Waals surface area (Å²) in [4.78, 5) is 16.5. The standard InChI is InChI=1S/C14H23N3O2/c1-3-11-8-16-12(19-11)9-17-13(18)14(4-2)6-5-7-15-10-14/h8,15H,3-7,9-10H2,1-2H3,(H,17,18). The van der Waals surface area contributed by atoms with Crippen molar-refractivity contribution in [1.29, 1.82) is 0 Å². The second-order valence-corrected chi connectivity index (χ2v) is 5.17. The lowest BCUT2D eigenvalue weighted by Crippen LogP contribution is -2.50. The van der Waals surface area contributed by atoms with E-state index in [1.165, 1.54) is 0 Å². The molecule has 1 aromatic heterocycles. The molecule has 106 valence electrons. The average Bonchev–Trinajstić information content (AvgIpc) is 2.93. The molecule has 1 atom stereocenters. The number of nitrogens with zero attached hydrogens (tertiary/aromatic N) is 1. The summed E-state index contributed by atoms with van der Waals surface area (Å²) in [6.45, 7) is 6.24. The zero-order valence-electron chi connectivity index (χ0n) is 11.8. The van der Waals surface area contributed by atoms with Gasteiger partial charge in [-0.2, -0.15) is 0 Å². The van der Waals surface area contributed by atoms with E-state index in [0.29, 0.717) is 12.4 Å². The molecule has 0 bridgehead atoms. The lowest BCUT2D eigenvalue weighted by atomic mass is 9.77. The van der Waals surface area contributed by atoms with Crippen LogP contribution >= 0.6 is 0 Å². The number of carbonyl (C=O) groups is 1. The first-order chi connectivity index (χ1) is 9.20. The van der Waals surface area contributed by atoms with Crippen molar-refractivity contribution in [3.05, 3.63) is 17.8 Å². The van der Waals surface area contributed by atoms with Crippen molar-refractivity contribution in [3.8, 4) is 0 Å². The molecule has 19 heavy (non-hydrogen) atoms. The second kappa shape index (κ2) is 6.19. The third-order valence-electron chi connectivity index (χ3n) is 3.98. The Bertz CT molecular complexity index is 422. The SMILES string of the molecule is CCc1cnc(CNC(=O)C2(CC)CCCNC2)o1. The summed E-state index contributed by atoms with van der Waals surface area (Å²) in [5, 5.41) is 6.28. The Hall–Kier alpha value is -1.36. The number of piperidine rings is 1. The van der Waals surface area contributed by atoms with E-state index in [1.807, 2.05) is 6.92 Å². The molecule has 1 aliphatic heterocycles. The van der Waals surface area contributed by atoms with Gasteiger partial charge in [0.25, 0.3) is 0 Å². The van der Waals surface area contributed by atoms with Crippen molar-refractivity contribution in [2.75, 3.05) is 13.1 Å². The third-order valence-corrected chi connectivity index (χ3v) is 3.98. The minimum atomic E-state index is -0.265. The van der Waals surface area contributed by atoms with Crippen LogP contribution in [-0.2, 0) is 17.8 Å². The van der Waals surface area contributed by atoms with Crippen LogP contribution in [0.4, 0.5) is 0 Å². The van der Waals surface area contributed by atoms with Gasteiger partial charge < -0.3 is 15.1 Å². The molecule has 0 aliphatic carbocycles. The lowest BCUT2D eigenvalue weighted by Gasteiger charge is -2.35. The fraction of sp³-hybridized carbons (Fsp3) is 0.714. The molecule has 5 nitrogen and oxygen atoms in total. The highest BCUT2D eigenvalue weighted by molar-refractivity contribution is 5.82. The maximum absolute atomic E-state index is 12.4. The summed E-state index contributed by atoms with van der Waals surface area (Å²) in [7, 11) is 0. The molecular weight excluding hydrogens is 242 g/mol. The van der Waals surface area contributed by atoms with Gasteiger partial charge in [0.05, 0.1) is 18.2 Å². The number of aromatic nitrogens is 1. The first kappa shape index (κ1) is 14.1. The van der Waals surface area contributed by atoms with E-state index in [1.54, 1.807) is 6.20 Å². The monoisotopic (exact) mass is 265 g/mol. The quantitative estimate of drug-likeness (QED) is 0.849. The summed E-state index contributed by atoms with van der Waals surface area (Å²) in [6.07, 6.45) is 5.41. The minimum absolute atomic E-state index is 0.110. The van der Waals surface area contributed by atoms with Crippen molar-refractivity contribution < 1.29 is 9.21 Å². The lowest BCUT2D eigenvalue weighted by molar-refractivity contribution is -0.132. The molecule has 2 N–H and O–H groups in total. The Kier molecular flexibility index (Phi) is 4.58. The molecule has 1 fully saturated rings. The highest BCUT2D eigenvalue weighted by Gasteiger charge is 2.37. The van der Waals surface area contributed by atoms with Crippen molar-refractivity contribution in [2.45, 2.75) is 46.1 Å². The van der Waals surface area contributed by atoms with Crippen molar-refractivity contribution in [3.63, 3.8) is 0 Å². The molecule has 5 heteroatoms. The molecule has 0 aromatic carbocycles. The number of carbonyl (C=O) groups excluding carboxylic acids is 1. The highest BCUT2D eigenvalue weighted by atomic mass is 16.4. The average molecular weight is 265 g/mol. The molecular formula is C14H23N3O2. The molecule has 2 rings (SSSR count). The van der Waals surface area contributed by atoms with E-state index in [0.717, 1.165) is 44.5 Å². The summed E-state index contributed by atoms with van der Waals surface area (Å²) < 4.78 is 5.50. The van der Waals surface area contributed by atoms with Crippen LogP contribution in [0.3, 0.4) is 0 Å². The van der Waals surface area contributed by atoms with E-state index >= 15 is 0 Å². The molecule has 2 heterocycles. The summed E-state index contributed by atoms with van der Waals surface area (Å²) in [6, 6.07) is 0. The number of rotatable bonds is 5. The van der Waals surface area contributed by atoms with Gasteiger partial charge in [-0.3, -0.25) is 4.79 Å². The van der Waals surface area contributed by atoms with Crippen LogP contribution in [0.25, 0.3) is 0 Å². The van der Waals surface area contributed by atoms with Crippen LogP contribution < -0.4 is 10.6 Å². The summed E-state index contributed by atoms with van der Waals surface area (Å²) in [5.41, 5.74) is -0.265. The Morgan fingerprint density at radius 2 is 2.42 bits per heavy atom. The molecule has 0 spiro atoms. The van der Waals surface area contributed by atoms with E-state index in [4.69, 9.17) is 4.42 Å². The number of nitrogens with one attached hydrogen (secondary N) is 2. The second-order valence-electron chi connectivity index (χ2n) is 5.17. The molecule has 1 saturated heterocycles.